The highest BCUT2D eigenvalue weighted by atomic mass is 35.5. The summed E-state index contributed by atoms with van der Waals surface area (Å²) in [6, 6.07) is 8.43. The van der Waals surface area contributed by atoms with Gasteiger partial charge >= 0.3 is 6.18 Å². The van der Waals surface area contributed by atoms with Crippen molar-refractivity contribution in [2.24, 2.45) is 0 Å². The molecule has 4 nitrogen and oxygen atoms in total. The first kappa shape index (κ1) is 18.7. The molecule has 2 aromatic rings. The number of carbonyl (C=O) groups excluding carboxylic acids is 1. The van der Waals surface area contributed by atoms with Gasteiger partial charge in [0.15, 0.2) is 11.5 Å². The van der Waals surface area contributed by atoms with Gasteiger partial charge in [0, 0.05) is 9.92 Å². The highest BCUT2D eigenvalue weighted by Crippen LogP contribution is 2.37. The number of hydrogen-bond acceptors (Lipinski definition) is 4. The number of nitrogens with one attached hydrogen (secondary N) is 1. The monoisotopic (exact) mass is 403 g/mol. The number of benzene rings is 2. The summed E-state index contributed by atoms with van der Waals surface area (Å²) in [4.78, 5) is 12.8. The van der Waals surface area contributed by atoms with Crippen molar-refractivity contribution in [1.29, 1.82) is 0 Å². The van der Waals surface area contributed by atoms with Crippen LogP contribution in [0, 0.1) is 0 Å². The Kier molecular flexibility index (Phi) is 5.52. The summed E-state index contributed by atoms with van der Waals surface area (Å²) in [5.41, 5.74) is -1.31. The first-order valence-electron chi connectivity index (χ1n) is 7.52. The van der Waals surface area contributed by atoms with Crippen molar-refractivity contribution < 1.29 is 27.4 Å². The van der Waals surface area contributed by atoms with Crippen LogP contribution in [0.3, 0.4) is 0 Å². The average Bonchev–Trinajstić information content (AvgIpc) is 2.60. The van der Waals surface area contributed by atoms with Gasteiger partial charge in [-0.25, -0.2) is 0 Å². The minimum atomic E-state index is -4.61. The number of alkyl halides is 3. The largest absolute Gasteiger partial charge is 0.486 e. The molecule has 0 aromatic heterocycles. The van der Waals surface area contributed by atoms with E-state index in [0.717, 1.165) is 17.0 Å². The van der Waals surface area contributed by atoms with Gasteiger partial charge in [-0.1, -0.05) is 11.6 Å². The molecule has 0 atom stereocenters. The second-order valence-electron chi connectivity index (χ2n) is 5.33. The number of rotatable bonds is 4. The molecule has 1 aliphatic heterocycles. The van der Waals surface area contributed by atoms with Crippen LogP contribution in [0.15, 0.2) is 41.3 Å². The SMILES string of the molecule is O=C(CSc1ccc2c(c1)OCCO2)Nc1ccc(Cl)cc1C(F)(F)F. The Labute approximate surface area is 156 Å². The van der Waals surface area contributed by atoms with Crippen LogP contribution in [0.25, 0.3) is 0 Å². The van der Waals surface area contributed by atoms with Crippen LogP contribution in [0.1, 0.15) is 5.56 Å². The molecule has 1 N–H and O–H groups in total. The van der Waals surface area contributed by atoms with E-state index < -0.39 is 17.6 Å². The van der Waals surface area contributed by atoms with E-state index in [-0.39, 0.29) is 16.5 Å². The fraction of sp³-hybridized carbons (Fsp3) is 0.235. The van der Waals surface area contributed by atoms with E-state index in [1.54, 1.807) is 18.2 Å². The minimum absolute atomic E-state index is 0.0547. The summed E-state index contributed by atoms with van der Waals surface area (Å²) in [5, 5.41) is 2.23. The molecule has 2 aromatic carbocycles. The smallest absolute Gasteiger partial charge is 0.418 e. The molecule has 0 aliphatic carbocycles. The van der Waals surface area contributed by atoms with E-state index in [4.69, 9.17) is 21.1 Å². The normalized spacial score (nSPS) is 13.4. The second kappa shape index (κ2) is 7.67. The number of fused-ring (bicyclic) bond motifs is 1. The predicted octanol–water partition coefficient (Wildman–Crippen LogP) is 4.86. The number of thioether (sulfide) groups is 1. The Morgan fingerprint density at radius 3 is 2.58 bits per heavy atom. The summed E-state index contributed by atoms with van der Waals surface area (Å²) in [6.45, 7) is 0.920. The Morgan fingerprint density at radius 1 is 1.12 bits per heavy atom. The molecule has 0 spiro atoms. The first-order valence-corrected chi connectivity index (χ1v) is 8.88. The molecule has 0 saturated heterocycles. The lowest BCUT2D eigenvalue weighted by atomic mass is 10.1. The predicted molar refractivity (Wildman–Crippen MR) is 93.2 cm³/mol. The fourth-order valence-corrected chi connectivity index (χ4v) is 3.21. The number of amides is 1. The lowest BCUT2D eigenvalue weighted by Gasteiger charge is -2.18. The Hall–Kier alpha value is -2.06. The lowest BCUT2D eigenvalue weighted by molar-refractivity contribution is -0.137. The third-order valence-corrected chi connectivity index (χ3v) is 4.67. The molecular weight excluding hydrogens is 391 g/mol. The molecule has 1 heterocycles. The standard InChI is InChI=1S/C17H13ClF3NO3S/c18-10-1-3-13(12(7-10)17(19,20)21)22-16(23)9-26-11-2-4-14-15(8-11)25-6-5-24-14/h1-4,7-8H,5-6,9H2,(H,22,23). The van der Waals surface area contributed by atoms with Gasteiger partial charge in [-0.3, -0.25) is 4.79 Å². The van der Waals surface area contributed by atoms with Crippen molar-refractivity contribution in [3.63, 3.8) is 0 Å². The van der Waals surface area contributed by atoms with Gasteiger partial charge in [0.2, 0.25) is 5.91 Å². The molecule has 0 unspecified atom stereocenters. The summed E-state index contributed by atoms with van der Waals surface area (Å²) in [7, 11) is 0. The Bertz CT molecular complexity index is 829. The van der Waals surface area contributed by atoms with Crippen LogP contribution in [0.5, 0.6) is 11.5 Å². The summed E-state index contributed by atoms with van der Waals surface area (Å²) in [6.07, 6.45) is -4.61. The molecule has 9 heteroatoms. The maximum Gasteiger partial charge on any atom is 0.418 e. The van der Waals surface area contributed by atoms with Gasteiger partial charge in [-0.15, -0.1) is 11.8 Å². The van der Waals surface area contributed by atoms with Crippen LogP contribution in [-0.4, -0.2) is 24.9 Å². The molecular formula is C17H13ClF3NO3S. The molecule has 3 rings (SSSR count). The third-order valence-electron chi connectivity index (χ3n) is 3.44. The van der Waals surface area contributed by atoms with E-state index in [0.29, 0.717) is 24.7 Å². The zero-order chi connectivity index (χ0) is 18.7. The van der Waals surface area contributed by atoms with Gasteiger partial charge in [-0.05, 0) is 36.4 Å². The molecule has 138 valence electrons. The van der Waals surface area contributed by atoms with Crippen LogP contribution in [-0.2, 0) is 11.0 Å². The highest BCUT2D eigenvalue weighted by molar-refractivity contribution is 8.00. The summed E-state index contributed by atoms with van der Waals surface area (Å²) < 4.78 is 50.0. The number of halogens is 4. The van der Waals surface area contributed by atoms with Gasteiger partial charge in [-0.2, -0.15) is 13.2 Å². The van der Waals surface area contributed by atoms with E-state index in [1.807, 2.05) is 0 Å². The number of anilines is 1. The zero-order valence-electron chi connectivity index (χ0n) is 13.2. The maximum atomic E-state index is 13.0. The molecule has 26 heavy (non-hydrogen) atoms. The van der Waals surface area contributed by atoms with Crippen molar-refractivity contribution in [3.05, 3.63) is 47.0 Å². The fourth-order valence-electron chi connectivity index (χ4n) is 2.31. The lowest BCUT2D eigenvalue weighted by Crippen LogP contribution is -2.18. The van der Waals surface area contributed by atoms with Gasteiger partial charge in [0.25, 0.3) is 0 Å². The number of ether oxygens (including phenoxy) is 2. The third kappa shape index (κ3) is 4.56. The van der Waals surface area contributed by atoms with E-state index in [1.165, 1.54) is 17.8 Å². The topological polar surface area (TPSA) is 47.6 Å². The molecule has 0 saturated carbocycles. The second-order valence-corrected chi connectivity index (χ2v) is 6.82. The van der Waals surface area contributed by atoms with Crippen LogP contribution in [0.4, 0.5) is 18.9 Å². The van der Waals surface area contributed by atoms with Crippen molar-refractivity contribution in [2.75, 3.05) is 24.3 Å². The minimum Gasteiger partial charge on any atom is -0.486 e. The van der Waals surface area contributed by atoms with Gasteiger partial charge in [0.1, 0.15) is 13.2 Å². The van der Waals surface area contributed by atoms with Crippen molar-refractivity contribution >= 4 is 35.0 Å². The Morgan fingerprint density at radius 2 is 1.85 bits per heavy atom. The van der Waals surface area contributed by atoms with E-state index in [2.05, 4.69) is 5.32 Å². The molecule has 1 aliphatic rings. The van der Waals surface area contributed by atoms with Crippen LogP contribution < -0.4 is 14.8 Å². The Balaban J connectivity index is 1.65. The number of carbonyl (C=O) groups is 1. The van der Waals surface area contributed by atoms with Crippen molar-refractivity contribution in [3.8, 4) is 11.5 Å². The molecule has 0 fully saturated rings. The number of hydrogen-bond donors (Lipinski definition) is 1. The molecule has 0 radical (unpaired) electrons. The van der Waals surface area contributed by atoms with E-state index in [9.17, 15) is 18.0 Å². The quantitative estimate of drug-likeness (QED) is 0.740. The molecule has 1 amide bonds. The van der Waals surface area contributed by atoms with Crippen LogP contribution in [0.2, 0.25) is 5.02 Å². The van der Waals surface area contributed by atoms with Gasteiger partial charge in [0.05, 0.1) is 17.0 Å². The summed E-state index contributed by atoms with van der Waals surface area (Å²) >= 11 is 6.80. The van der Waals surface area contributed by atoms with Crippen LogP contribution >= 0.6 is 23.4 Å². The summed E-state index contributed by atoms with van der Waals surface area (Å²) in [5.74, 6) is 0.594. The van der Waals surface area contributed by atoms with E-state index >= 15 is 0 Å². The van der Waals surface area contributed by atoms with Crippen molar-refractivity contribution in [1.82, 2.24) is 0 Å². The average molecular weight is 404 g/mol. The zero-order valence-corrected chi connectivity index (χ0v) is 14.8. The highest BCUT2D eigenvalue weighted by Gasteiger charge is 2.34. The van der Waals surface area contributed by atoms with Crippen molar-refractivity contribution in [2.45, 2.75) is 11.1 Å². The first-order chi connectivity index (χ1) is 12.3. The molecule has 0 bridgehead atoms. The maximum absolute atomic E-state index is 13.0. The van der Waals surface area contributed by atoms with Gasteiger partial charge < -0.3 is 14.8 Å².